The Kier molecular flexibility index (Phi) is 8.02. The minimum absolute atomic E-state index is 0.0441. The van der Waals surface area contributed by atoms with Crippen molar-refractivity contribution in [1.29, 1.82) is 0 Å². The van der Waals surface area contributed by atoms with Crippen LogP contribution in [0.4, 0.5) is 14.7 Å². The number of halogens is 2. The van der Waals surface area contributed by atoms with E-state index in [1.54, 1.807) is 6.07 Å². The van der Waals surface area contributed by atoms with E-state index in [9.17, 15) is 9.18 Å². The van der Waals surface area contributed by atoms with Crippen molar-refractivity contribution in [2.45, 2.75) is 83.5 Å². The van der Waals surface area contributed by atoms with Crippen molar-refractivity contribution in [3.63, 3.8) is 0 Å². The Morgan fingerprint density at radius 2 is 1.76 bits per heavy atom. The minimum atomic E-state index is -0.516. The minimum Gasteiger partial charge on any atom is -0.342 e. The highest BCUT2D eigenvalue weighted by Crippen LogP contribution is 2.33. The highest BCUT2D eigenvalue weighted by Gasteiger charge is 2.24. The van der Waals surface area contributed by atoms with Crippen LogP contribution in [-0.4, -0.2) is 23.1 Å². The molecule has 0 fully saturated rings. The van der Waals surface area contributed by atoms with Crippen LogP contribution in [0.3, 0.4) is 0 Å². The number of anilines is 1. The molecule has 0 amide bonds. The summed E-state index contributed by atoms with van der Waals surface area (Å²) in [5.74, 6) is -0.351. The van der Waals surface area contributed by atoms with E-state index in [0.717, 1.165) is 93.6 Å². The molecule has 37 heavy (non-hydrogen) atoms. The number of nitrogens with zero attached hydrogens (tertiary/aromatic N) is 2. The third-order valence-corrected chi connectivity index (χ3v) is 8.19. The summed E-state index contributed by atoms with van der Waals surface area (Å²) in [6, 6.07) is 11.0. The van der Waals surface area contributed by atoms with Crippen molar-refractivity contribution in [1.82, 2.24) is 9.97 Å². The fourth-order valence-electron chi connectivity index (χ4n) is 6.17. The van der Waals surface area contributed by atoms with Crippen LogP contribution in [0.25, 0.3) is 0 Å². The van der Waals surface area contributed by atoms with E-state index in [1.807, 2.05) is 0 Å². The molecule has 1 aromatic heterocycles. The molecule has 1 N–H and O–H groups in total. The van der Waals surface area contributed by atoms with Crippen molar-refractivity contribution in [2.75, 3.05) is 18.0 Å². The van der Waals surface area contributed by atoms with Gasteiger partial charge in [0.25, 0.3) is 5.56 Å². The number of aryl methyl sites for hydroxylation is 2. The van der Waals surface area contributed by atoms with Crippen molar-refractivity contribution in [3.05, 3.63) is 91.9 Å². The zero-order valence-corrected chi connectivity index (χ0v) is 21.8. The Morgan fingerprint density at radius 3 is 2.59 bits per heavy atom. The maximum Gasteiger partial charge on any atom is 0.255 e. The smallest absolute Gasteiger partial charge is 0.255 e. The monoisotopic (exact) mass is 505 g/mol. The maximum atomic E-state index is 15.3. The number of benzene rings is 2. The standard InChI is InChI=1S/C31H37F2N3O/c1-2-21-10-5-6-11-22(21)18-23-12-4-3-9-16-36(17-15-25-27(23)19-24(32)20-28(25)33)31-34-29-14-8-7-13-26(29)30(37)35-31/h5-6,10-11,19-20,23H,2-4,7-9,12-18H2,1H3,(H,34,35,37). The molecule has 0 saturated carbocycles. The van der Waals surface area contributed by atoms with E-state index in [0.29, 0.717) is 24.5 Å². The molecule has 6 heteroatoms. The molecule has 1 aliphatic carbocycles. The van der Waals surface area contributed by atoms with E-state index in [-0.39, 0.29) is 11.5 Å². The molecule has 1 atom stereocenters. The average molecular weight is 506 g/mol. The first-order valence-corrected chi connectivity index (χ1v) is 13.9. The summed E-state index contributed by atoms with van der Waals surface area (Å²) in [4.78, 5) is 22.7. The first-order chi connectivity index (χ1) is 18.0. The maximum absolute atomic E-state index is 15.3. The highest BCUT2D eigenvalue weighted by molar-refractivity contribution is 5.39. The van der Waals surface area contributed by atoms with Crippen LogP contribution in [0.15, 0.2) is 41.2 Å². The Balaban J connectivity index is 1.48. The van der Waals surface area contributed by atoms with Gasteiger partial charge < -0.3 is 4.90 Å². The summed E-state index contributed by atoms with van der Waals surface area (Å²) in [7, 11) is 0. The molecule has 0 bridgehead atoms. The molecule has 2 heterocycles. The third-order valence-electron chi connectivity index (χ3n) is 8.19. The van der Waals surface area contributed by atoms with Crippen LogP contribution >= 0.6 is 0 Å². The van der Waals surface area contributed by atoms with Crippen LogP contribution in [0.1, 0.15) is 84.9 Å². The van der Waals surface area contributed by atoms with Gasteiger partial charge in [0.2, 0.25) is 5.95 Å². The average Bonchev–Trinajstić information content (AvgIpc) is 2.93. The number of fused-ring (bicyclic) bond motifs is 2. The van der Waals surface area contributed by atoms with Gasteiger partial charge in [-0.25, -0.2) is 13.8 Å². The second-order valence-corrected chi connectivity index (χ2v) is 10.6. The first-order valence-electron chi connectivity index (χ1n) is 13.9. The van der Waals surface area contributed by atoms with Gasteiger partial charge in [-0.05, 0) is 92.0 Å². The van der Waals surface area contributed by atoms with E-state index in [4.69, 9.17) is 4.98 Å². The topological polar surface area (TPSA) is 49.0 Å². The van der Waals surface area contributed by atoms with E-state index >= 15 is 4.39 Å². The second kappa shape index (κ2) is 11.6. The molecule has 1 unspecified atom stereocenters. The summed E-state index contributed by atoms with van der Waals surface area (Å²) >= 11 is 0. The lowest BCUT2D eigenvalue weighted by Gasteiger charge is -2.26. The van der Waals surface area contributed by atoms with Crippen molar-refractivity contribution >= 4 is 5.95 Å². The van der Waals surface area contributed by atoms with Crippen LogP contribution in [0.2, 0.25) is 0 Å². The molecule has 196 valence electrons. The number of H-pyrrole nitrogens is 1. The lowest BCUT2D eigenvalue weighted by Crippen LogP contribution is -2.33. The third kappa shape index (κ3) is 5.78. The summed E-state index contributed by atoms with van der Waals surface area (Å²) in [6.07, 6.45) is 9.71. The molecular weight excluding hydrogens is 468 g/mol. The van der Waals surface area contributed by atoms with E-state index < -0.39 is 11.6 Å². The fraction of sp³-hybridized carbons (Fsp3) is 0.484. The van der Waals surface area contributed by atoms with Gasteiger partial charge in [-0.2, -0.15) is 0 Å². The number of aromatic amines is 1. The number of aromatic nitrogens is 2. The zero-order chi connectivity index (χ0) is 25.8. The summed E-state index contributed by atoms with van der Waals surface area (Å²) in [6.45, 7) is 3.43. The summed E-state index contributed by atoms with van der Waals surface area (Å²) in [5, 5.41) is 0. The molecule has 2 aromatic carbocycles. The Hall–Kier alpha value is -3.02. The zero-order valence-electron chi connectivity index (χ0n) is 21.8. The van der Waals surface area contributed by atoms with Gasteiger partial charge in [0.05, 0.1) is 5.69 Å². The quantitative estimate of drug-likeness (QED) is 0.444. The first kappa shape index (κ1) is 25.6. The number of rotatable bonds is 4. The lowest BCUT2D eigenvalue weighted by molar-refractivity contribution is 0.532. The number of nitrogens with one attached hydrogen (secondary N) is 1. The Labute approximate surface area is 218 Å². The van der Waals surface area contributed by atoms with Gasteiger partial charge in [0.15, 0.2) is 0 Å². The van der Waals surface area contributed by atoms with Crippen LogP contribution < -0.4 is 10.5 Å². The molecule has 2 aliphatic rings. The van der Waals surface area contributed by atoms with Gasteiger partial charge in [-0.15, -0.1) is 0 Å². The predicted octanol–water partition coefficient (Wildman–Crippen LogP) is 6.44. The van der Waals surface area contributed by atoms with Gasteiger partial charge in [0.1, 0.15) is 11.6 Å². The van der Waals surface area contributed by atoms with Gasteiger partial charge >= 0.3 is 0 Å². The molecule has 4 nitrogen and oxygen atoms in total. The molecule has 0 radical (unpaired) electrons. The van der Waals surface area contributed by atoms with Crippen LogP contribution in [0, 0.1) is 11.6 Å². The van der Waals surface area contributed by atoms with Crippen molar-refractivity contribution in [2.24, 2.45) is 0 Å². The predicted molar refractivity (Wildman–Crippen MR) is 145 cm³/mol. The van der Waals surface area contributed by atoms with Crippen LogP contribution in [-0.2, 0) is 32.1 Å². The molecule has 1 aliphatic heterocycles. The van der Waals surface area contributed by atoms with Crippen molar-refractivity contribution < 1.29 is 8.78 Å². The molecule has 3 aromatic rings. The molecular formula is C31H37F2N3O. The summed E-state index contributed by atoms with van der Waals surface area (Å²) < 4.78 is 29.9. The van der Waals surface area contributed by atoms with Gasteiger partial charge in [-0.1, -0.05) is 44.0 Å². The lowest BCUT2D eigenvalue weighted by atomic mass is 9.83. The molecule has 0 spiro atoms. The molecule has 5 rings (SSSR count). The second-order valence-electron chi connectivity index (χ2n) is 10.6. The van der Waals surface area contributed by atoms with Gasteiger partial charge in [-0.3, -0.25) is 9.78 Å². The normalized spacial score (nSPS) is 18.6. The molecule has 0 saturated heterocycles. The largest absolute Gasteiger partial charge is 0.342 e. The Bertz CT molecular complexity index is 1300. The Morgan fingerprint density at radius 1 is 0.946 bits per heavy atom. The van der Waals surface area contributed by atoms with Crippen LogP contribution in [0.5, 0.6) is 0 Å². The summed E-state index contributed by atoms with van der Waals surface area (Å²) in [5.41, 5.74) is 5.61. The van der Waals surface area contributed by atoms with E-state index in [2.05, 4.69) is 41.1 Å². The van der Waals surface area contributed by atoms with Gasteiger partial charge in [0, 0.05) is 24.7 Å². The number of hydrogen-bond acceptors (Lipinski definition) is 3. The highest BCUT2D eigenvalue weighted by atomic mass is 19.1. The number of hydrogen-bond donors (Lipinski definition) is 1. The SMILES string of the molecule is CCc1ccccc1CC1CCCCCN(c2nc3c(c(=O)[nH]2)CCCC3)CCc2c(F)cc(F)cc21. The van der Waals surface area contributed by atoms with Crippen molar-refractivity contribution in [3.8, 4) is 0 Å². The fourth-order valence-corrected chi connectivity index (χ4v) is 6.17. The van der Waals surface area contributed by atoms with E-state index in [1.165, 1.54) is 11.1 Å².